The van der Waals surface area contributed by atoms with Crippen molar-refractivity contribution in [1.82, 2.24) is 0 Å². The molecular formula is C16H16FNO2. The lowest BCUT2D eigenvalue weighted by Crippen LogP contribution is -2.02. The largest absolute Gasteiger partial charge is 0.454 e. The molecule has 0 radical (unpaired) electrons. The molecule has 20 heavy (non-hydrogen) atoms. The summed E-state index contributed by atoms with van der Waals surface area (Å²) in [4.78, 5) is 11.7. The third-order valence-electron chi connectivity index (χ3n) is 3.19. The monoisotopic (exact) mass is 273 g/mol. The predicted molar refractivity (Wildman–Crippen MR) is 76.8 cm³/mol. The standard InChI is InChI=1S/C16H16FNO2/c1-9-7-8-13(10(2)15(9)11(3)19)20-14-6-4-5-12(18)16(14)17/h4-8H,18H2,1-3H3. The molecule has 2 aromatic carbocycles. The highest BCUT2D eigenvalue weighted by Gasteiger charge is 2.14. The molecule has 2 N–H and O–H groups in total. The van der Waals surface area contributed by atoms with Gasteiger partial charge < -0.3 is 10.5 Å². The molecule has 0 amide bonds. The molecule has 4 heteroatoms. The Hall–Kier alpha value is -2.36. The lowest BCUT2D eigenvalue weighted by molar-refractivity contribution is 0.101. The maximum absolute atomic E-state index is 13.8. The van der Waals surface area contributed by atoms with E-state index in [0.717, 1.165) is 5.56 Å². The van der Waals surface area contributed by atoms with Crippen LogP contribution in [0.2, 0.25) is 0 Å². The summed E-state index contributed by atoms with van der Waals surface area (Å²) in [5.41, 5.74) is 7.70. The Labute approximate surface area is 117 Å². The Morgan fingerprint density at radius 1 is 1.15 bits per heavy atom. The highest BCUT2D eigenvalue weighted by Crippen LogP contribution is 2.32. The first kappa shape index (κ1) is 14.1. The van der Waals surface area contributed by atoms with Crippen LogP contribution in [0, 0.1) is 19.7 Å². The van der Waals surface area contributed by atoms with Crippen molar-refractivity contribution in [1.29, 1.82) is 0 Å². The zero-order chi connectivity index (χ0) is 14.9. The van der Waals surface area contributed by atoms with Gasteiger partial charge in [-0.1, -0.05) is 12.1 Å². The van der Waals surface area contributed by atoms with Gasteiger partial charge in [0.05, 0.1) is 5.69 Å². The number of rotatable bonds is 3. The molecule has 0 fully saturated rings. The van der Waals surface area contributed by atoms with Gasteiger partial charge in [-0.2, -0.15) is 0 Å². The van der Waals surface area contributed by atoms with E-state index in [1.54, 1.807) is 25.1 Å². The minimum Gasteiger partial charge on any atom is -0.454 e. The van der Waals surface area contributed by atoms with Gasteiger partial charge in [0.25, 0.3) is 0 Å². The fraction of sp³-hybridized carbons (Fsp3) is 0.188. The number of nitrogen functional groups attached to an aromatic ring is 1. The molecule has 0 atom stereocenters. The quantitative estimate of drug-likeness (QED) is 0.678. The minimum atomic E-state index is -0.600. The average Bonchev–Trinajstić information content (AvgIpc) is 2.37. The number of hydrogen-bond donors (Lipinski definition) is 1. The first-order valence-corrected chi connectivity index (χ1v) is 6.24. The number of aryl methyl sites for hydroxylation is 1. The van der Waals surface area contributed by atoms with Crippen molar-refractivity contribution in [2.45, 2.75) is 20.8 Å². The second-order valence-electron chi connectivity index (χ2n) is 4.70. The number of hydrogen-bond acceptors (Lipinski definition) is 3. The number of carbonyl (C=O) groups excluding carboxylic acids is 1. The van der Waals surface area contributed by atoms with Crippen molar-refractivity contribution in [3.63, 3.8) is 0 Å². The molecule has 0 saturated heterocycles. The van der Waals surface area contributed by atoms with Crippen molar-refractivity contribution in [3.05, 3.63) is 52.8 Å². The molecule has 0 bridgehead atoms. The van der Waals surface area contributed by atoms with Crippen LogP contribution in [-0.4, -0.2) is 5.78 Å². The molecule has 0 heterocycles. The maximum atomic E-state index is 13.8. The van der Waals surface area contributed by atoms with E-state index in [0.29, 0.717) is 16.9 Å². The van der Waals surface area contributed by atoms with Crippen molar-refractivity contribution in [3.8, 4) is 11.5 Å². The molecule has 3 nitrogen and oxygen atoms in total. The van der Waals surface area contributed by atoms with E-state index >= 15 is 0 Å². The van der Waals surface area contributed by atoms with Crippen LogP contribution in [0.25, 0.3) is 0 Å². The summed E-state index contributed by atoms with van der Waals surface area (Å²) in [6.07, 6.45) is 0. The lowest BCUT2D eigenvalue weighted by atomic mass is 9.99. The minimum absolute atomic E-state index is 0.0269. The van der Waals surface area contributed by atoms with E-state index in [1.807, 2.05) is 6.92 Å². The van der Waals surface area contributed by atoms with Crippen LogP contribution in [0.5, 0.6) is 11.5 Å². The number of benzene rings is 2. The zero-order valence-electron chi connectivity index (χ0n) is 11.7. The van der Waals surface area contributed by atoms with Crippen LogP contribution in [-0.2, 0) is 0 Å². The van der Waals surface area contributed by atoms with Gasteiger partial charge >= 0.3 is 0 Å². The number of carbonyl (C=O) groups is 1. The van der Waals surface area contributed by atoms with Gasteiger partial charge in [-0.15, -0.1) is 0 Å². The SMILES string of the molecule is CC(=O)c1c(C)ccc(Oc2cccc(N)c2F)c1C. The summed E-state index contributed by atoms with van der Waals surface area (Å²) in [7, 11) is 0. The summed E-state index contributed by atoms with van der Waals surface area (Å²) >= 11 is 0. The Morgan fingerprint density at radius 2 is 1.85 bits per heavy atom. The lowest BCUT2D eigenvalue weighted by Gasteiger charge is -2.14. The first-order chi connectivity index (χ1) is 9.41. The fourth-order valence-corrected chi connectivity index (χ4v) is 2.21. The molecule has 0 aliphatic rings. The summed E-state index contributed by atoms with van der Waals surface area (Å²) in [5.74, 6) is -0.146. The van der Waals surface area contributed by atoms with Gasteiger partial charge in [0.2, 0.25) is 0 Å². The summed E-state index contributed by atoms with van der Waals surface area (Å²) < 4.78 is 19.4. The molecule has 0 aliphatic carbocycles. The highest BCUT2D eigenvalue weighted by atomic mass is 19.1. The summed E-state index contributed by atoms with van der Waals surface area (Å²) in [6, 6.07) is 8.08. The Kier molecular flexibility index (Phi) is 3.74. The normalized spacial score (nSPS) is 10.4. The molecule has 0 spiro atoms. The van der Waals surface area contributed by atoms with E-state index in [-0.39, 0.29) is 17.2 Å². The molecule has 0 aromatic heterocycles. The molecule has 2 aromatic rings. The molecule has 2 rings (SSSR count). The van der Waals surface area contributed by atoms with Crippen molar-refractivity contribution in [2.75, 3.05) is 5.73 Å². The maximum Gasteiger partial charge on any atom is 0.188 e. The van der Waals surface area contributed by atoms with Crippen LogP contribution in [0.1, 0.15) is 28.4 Å². The average molecular weight is 273 g/mol. The molecule has 0 saturated carbocycles. The molecular weight excluding hydrogens is 257 g/mol. The van der Waals surface area contributed by atoms with Crippen LogP contribution >= 0.6 is 0 Å². The van der Waals surface area contributed by atoms with Gasteiger partial charge in [-0.05, 0) is 44.5 Å². The highest BCUT2D eigenvalue weighted by molar-refractivity contribution is 5.97. The van der Waals surface area contributed by atoms with Crippen molar-refractivity contribution in [2.24, 2.45) is 0 Å². The third-order valence-corrected chi connectivity index (χ3v) is 3.19. The van der Waals surface area contributed by atoms with Crippen LogP contribution in [0.3, 0.4) is 0 Å². The van der Waals surface area contributed by atoms with Crippen LogP contribution in [0.15, 0.2) is 30.3 Å². The predicted octanol–water partition coefficient (Wildman–Crippen LogP) is 4.02. The number of ether oxygens (including phenoxy) is 1. The smallest absolute Gasteiger partial charge is 0.188 e. The Balaban J connectivity index is 2.47. The van der Waals surface area contributed by atoms with Crippen LogP contribution in [0.4, 0.5) is 10.1 Å². The molecule has 104 valence electrons. The zero-order valence-corrected chi connectivity index (χ0v) is 11.7. The van der Waals surface area contributed by atoms with Gasteiger partial charge in [0, 0.05) is 11.1 Å². The van der Waals surface area contributed by atoms with E-state index in [4.69, 9.17) is 10.5 Å². The topological polar surface area (TPSA) is 52.3 Å². The van der Waals surface area contributed by atoms with E-state index < -0.39 is 5.82 Å². The van der Waals surface area contributed by atoms with Gasteiger partial charge in [-0.25, -0.2) is 4.39 Å². The van der Waals surface area contributed by atoms with Gasteiger partial charge in [0.1, 0.15) is 5.75 Å². The number of ketones is 1. The van der Waals surface area contributed by atoms with Gasteiger partial charge in [-0.3, -0.25) is 4.79 Å². The van der Waals surface area contributed by atoms with Crippen molar-refractivity contribution < 1.29 is 13.9 Å². The summed E-state index contributed by atoms with van der Waals surface area (Å²) in [5, 5.41) is 0. The second-order valence-corrected chi connectivity index (χ2v) is 4.70. The second kappa shape index (κ2) is 5.33. The third kappa shape index (κ3) is 2.50. The molecule has 0 unspecified atom stereocenters. The number of anilines is 1. The van der Waals surface area contributed by atoms with Crippen LogP contribution < -0.4 is 10.5 Å². The van der Waals surface area contributed by atoms with E-state index in [1.165, 1.54) is 19.1 Å². The van der Waals surface area contributed by atoms with Crippen molar-refractivity contribution >= 4 is 11.5 Å². The Morgan fingerprint density at radius 3 is 2.50 bits per heavy atom. The van der Waals surface area contributed by atoms with E-state index in [9.17, 15) is 9.18 Å². The number of nitrogens with two attached hydrogens (primary N) is 1. The van der Waals surface area contributed by atoms with Gasteiger partial charge in [0.15, 0.2) is 17.3 Å². The molecule has 0 aliphatic heterocycles. The van der Waals surface area contributed by atoms with E-state index in [2.05, 4.69) is 0 Å². The first-order valence-electron chi connectivity index (χ1n) is 6.24. The number of halogens is 1. The fourth-order valence-electron chi connectivity index (χ4n) is 2.21. The number of Topliss-reactive ketones (excluding diaryl/α,β-unsaturated/α-hetero) is 1. The summed E-state index contributed by atoms with van der Waals surface area (Å²) in [6.45, 7) is 5.14. The Bertz CT molecular complexity index is 680.